The highest BCUT2D eigenvalue weighted by atomic mass is 32.1. The zero-order chi connectivity index (χ0) is 16.6. The molecule has 0 aliphatic heterocycles. The van der Waals surface area contributed by atoms with Crippen LogP contribution in [-0.4, -0.2) is 9.97 Å². The van der Waals surface area contributed by atoms with Gasteiger partial charge in [-0.2, -0.15) is 13.2 Å². The lowest BCUT2D eigenvalue weighted by Gasteiger charge is -2.13. The quantitative estimate of drug-likeness (QED) is 0.695. The molecule has 23 heavy (non-hydrogen) atoms. The molecule has 3 rings (SSSR count). The Hall–Kier alpha value is -2.02. The first kappa shape index (κ1) is 15.9. The van der Waals surface area contributed by atoms with Crippen molar-refractivity contribution in [2.75, 3.05) is 0 Å². The molecule has 2 heterocycles. The van der Waals surface area contributed by atoms with Gasteiger partial charge in [0.05, 0.1) is 16.8 Å². The van der Waals surface area contributed by atoms with Gasteiger partial charge in [-0.15, -0.1) is 11.3 Å². The number of aromatic nitrogens is 2. The van der Waals surface area contributed by atoms with Gasteiger partial charge in [0.2, 0.25) is 0 Å². The predicted octanol–water partition coefficient (Wildman–Crippen LogP) is 5.35. The molecule has 122 valence electrons. The van der Waals surface area contributed by atoms with Crippen molar-refractivity contribution in [3.05, 3.63) is 46.0 Å². The van der Waals surface area contributed by atoms with Crippen molar-refractivity contribution in [1.82, 2.24) is 9.97 Å². The Balaban J connectivity index is 2.02. The number of hydrogen-bond donors (Lipinski definition) is 1. The van der Waals surface area contributed by atoms with E-state index in [1.807, 2.05) is 13.8 Å². The minimum atomic E-state index is -4.47. The molecule has 7 heteroatoms. The molecule has 0 radical (unpaired) electrons. The summed E-state index contributed by atoms with van der Waals surface area (Å²) < 4.78 is 45.3. The van der Waals surface area contributed by atoms with Gasteiger partial charge in [0, 0.05) is 28.0 Å². The number of fused-ring (bicyclic) bond motifs is 1. The predicted molar refractivity (Wildman–Crippen MR) is 83.8 cm³/mol. The van der Waals surface area contributed by atoms with Crippen molar-refractivity contribution < 1.29 is 17.9 Å². The van der Waals surface area contributed by atoms with Crippen LogP contribution in [0.2, 0.25) is 0 Å². The fourth-order valence-corrected chi connectivity index (χ4v) is 2.84. The van der Waals surface area contributed by atoms with Crippen LogP contribution in [0.4, 0.5) is 13.2 Å². The standard InChI is InChI=1S/C16H15F3N2OS/c1-9(2)13-4-10-3-12(16(17,18)19)15(5-14(10)21-13)22-6-11-7-23-8-20-11/h3-5,7-9,21H,6H2,1-2H3. The molecule has 0 saturated carbocycles. The summed E-state index contributed by atoms with van der Waals surface area (Å²) in [5.74, 6) is 0.0197. The normalized spacial score (nSPS) is 12.3. The van der Waals surface area contributed by atoms with Crippen LogP contribution in [0, 0.1) is 0 Å². The second-order valence-electron chi connectivity index (χ2n) is 5.58. The third-order valence-corrected chi connectivity index (χ3v) is 4.16. The van der Waals surface area contributed by atoms with Crippen LogP contribution in [0.5, 0.6) is 5.75 Å². The lowest BCUT2D eigenvalue weighted by Crippen LogP contribution is -2.09. The maximum Gasteiger partial charge on any atom is 0.419 e. The van der Waals surface area contributed by atoms with Gasteiger partial charge in [-0.05, 0) is 18.1 Å². The molecule has 0 amide bonds. The fourth-order valence-electron chi connectivity index (χ4n) is 2.30. The Kier molecular flexibility index (Phi) is 4.06. The average Bonchev–Trinajstić information content (AvgIpc) is 3.11. The number of nitrogens with zero attached hydrogens (tertiary/aromatic N) is 1. The number of H-pyrrole nitrogens is 1. The lowest BCUT2D eigenvalue weighted by atomic mass is 10.1. The van der Waals surface area contributed by atoms with Crippen LogP contribution in [0.15, 0.2) is 29.1 Å². The zero-order valence-electron chi connectivity index (χ0n) is 12.6. The van der Waals surface area contributed by atoms with E-state index in [4.69, 9.17) is 4.74 Å². The SMILES string of the molecule is CC(C)c1cc2cc(C(F)(F)F)c(OCc3cscn3)cc2[nH]1. The van der Waals surface area contributed by atoms with Gasteiger partial charge in [-0.25, -0.2) is 4.98 Å². The maximum atomic E-state index is 13.3. The molecular weight excluding hydrogens is 325 g/mol. The first-order chi connectivity index (χ1) is 10.8. The number of rotatable bonds is 4. The van der Waals surface area contributed by atoms with E-state index < -0.39 is 11.7 Å². The third-order valence-electron chi connectivity index (χ3n) is 3.53. The average molecular weight is 340 g/mol. The summed E-state index contributed by atoms with van der Waals surface area (Å²) in [6.07, 6.45) is -4.47. The number of nitrogens with one attached hydrogen (secondary N) is 1. The molecular formula is C16H15F3N2OS. The summed E-state index contributed by atoms with van der Waals surface area (Å²) in [7, 11) is 0. The molecule has 0 bridgehead atoms. The number of aromatic amines is 1. The van der Waals surface area contributed by atoms with Crippen molar-refractivity contribution >= 4 is 22.2 Å². The molecule has 2 aromatic heterocycles. The second-order valence-corrected chi connectivity index (χ2v) is 6.30. The van der Waals surface area contributed by atoms with Crippen LogP contribution in [-0.2, 0) is 12.8 Å². The number of hydrogen-bond acceptors (Lipinski definition) is 3. The van der Waals surface area contributed by atoms with Gasteiger partial charge in [0.15, 0.2) is 0 Å². The van der Waals surface area contributed by atoms with E-state index in [9.17, 15) is 13.2 Å². The van der Waals surface area contributed by atoms with E-state index in [-0.39, 0.29) is 18.3 Å². The third kappa shape index (κ3) is 3.34. The zero-order valence-corrected chi connectivity index (χ0v) is 13.4. The van der Waals surface area contributed by atoms with Crippen LogP contribution in [0.3, 0.4) is 0 Å². The second kappa shape index (κ2) is 5.88. The van der Waals surface area contributed by atoms with E-state index in [1.165, 1.54) is 17.4 Å². The first-order valence-corrected chi connectivity index (χ1v) is 8.02. The largest absolute Gasteiger partial charge is 0.487 e. The number of benzene rings is 1. The Morgan fingerprint density at radius 1 is 1.26 bits per heavy atom. The molecule has 0 aliphatic carbocycles. The van der Waals surface area contributed by atoms with E-state index in [1.54, 1.807) is 17.0 Å². The smallest absolute Gasteiger partial charge is 0.419 e. The lowest BCUT2D eigenvalue weighted by molar-refractivity contribution is -0.138. The van der Waals surface area contributed by atoms with E-state index in [0.717, 1.165) is 11.8 Å². The molecule has 0 unspecified atom stereocenters. The highest BCUT2D eigenvalue weighted by molar-refractivity contribution is 7.07. The molecule has 0 spiro atoms. The van der Waals surface area contributed by atoms with Crippen LogP contribution in [0.1, 0.15) is 36.7 Å². The van der Waals surface area contributed by atoms with Crippen molar-refractivity contribution in [3.8, 4) is 5.75 Å². The van der Waals surface area contributed by atoms with Crippen molar-refractivity contribution in [2.24, 2.45) is 0 Å². The molecule has 0 atom stereocenters. The summed E-state index contributed by atoms with van der Waals surface area (Å²) in [6.45, 7) is 3.97. The summed E-state index contributed by atoms with van der Waals surface area (Å²) in [6, 6.07) is 4.30. The van der Waals surface area contributed by atoms with Gasteiger partial charge < -0.3 is 9.72 Å². The highest BCUT2D eigenvalue weighted by Gasteiger charge is 2.35. The van der Waals surface area contributed by atoms with Gasteiger partial charge in [0.25, 0.3) is 0 Å². The van der Waals surface area contributed by atoms with Crippen LogP contribution < -0.4 is 4.74 Å². The molecule has 0 saturated heterocycles. The minimum Gasteiger partial charge on any atom is -0.487 e. The molecule has 0 fully saturated rings. The molecule has 1 aromatic carbocycles. The topological polar surface area (TPSA) is 37.9 Å². The summed E-state index contributed by atoms with van der Waals surface area (Å²) in [5.41, 5.74) is 2.98. The van der Waals surface area contributed by atoms with Crippen molar-refractivity contribution in [2.45, 2.75) is 32.5 Å². The van der Waals surface area contributed by atoms with E-state index >= 15 is 0 Å². The molecule has 0 aliphatic rings. The maximum absolute atomic E-state index is 13.3. The molecule has 3 aromatic rings. The Labute approximate surface area is 135 Å². The number of ether oxygens (including phenoxy) is 1. The Morgan fingerprint density at radius 3 is 2.65 bits per heavy atom. The van der Waals surface area contributed by atoms with Gasteiger partial charge in [-0.3, -0.25) is 0 Å². The van der Waals surface area contributed by atoms with Crippen LogP contribution >= 0.6 is 11.3 Å². The van der Waals surface area contributed by atoms with E-state index in [2.05, 4.69) is 9.97 Å². The fraction of sp³-hybridized carbons (Fsp3) is 0.312. The molecule has 3 nitrogen and oxygen atoms in total. The van der Waals surface area contributed by atoms with Crippen LogP contribution in [0.25, 0.3) is 10.9 Å². The Morgan fingerprint density at radius 2 is 2.04 bits per heavy atom. The van der Waals surface area contributed by atoms with Crippen molar-refractivity contribution in [1.29, 1.82) is 0 Å². The minimum absolute atomic E-state index is 0.00975. The number of thiazole rings is 1. The van der Waals surface area contributed by atoms with Gasteiger partial charge in [-0.1, -0.05) is 13.8 Å². The van der Waals surface area contributed by atoms with E-state index in [0.29, 0.717) is 16.6 Å². The highest BCUT2D eigenvalue weighted by Crippen LogP contribution is 2.39. The first-order valence-electron chi connectivity index (χ1n) is 7.08. The summed E-state index contributed by atoms with van der Waals surface area (Å²) in [4.78, 5) is 7.16. The van der Waals surface area contributed by atoms with Gasteiger partial charge >= 0.3 is 6.18 Å². The van der Waals surface area contributed by atoms with Crippen molar-refractivity contribution in [3.63, 3.8) is 0 Å². The Bertz CT molecular complexity index is 807. The summed E-state index contributed by atoms with van der Waals surface area (Å²) in [5, 5.41) is 2.28. The van der Waals surface area contributed by atoms with Gasteiger partial charge in [0.1, 0.15) is 12.4 Å². The summed E-state index contributed by atoms with van der Waals surface area (Å²) >= 11 is 1.37. The number of alkyl halides is 3. The monoisotopic (exact) mass is 340 g/mol. The number of halogens is 3. The molecule has 1 N–H and O–H groups in total.